The van der Waals surface area contributed by atoms with Gasteiger partial charge < -0.3 is 4.74 Å². The maximum absolute atomic E-state index is 4.87. The van der Waals surface area contributed by atoms with Gasteiger partial charge in [0.25, 0.3) is 0 Å². The monoisotopic (exact) mass is 144 g/mol. The molecule has 0 aromatic rings. The molecule has 0 fully saturated rings. The Morgan fingerprint density at radius 3 is 2.78 bits per heavy atom. The maximum atomic E-state index is 4.87. The second kappa shape index (κ2) is 2.87. The van der Waals surface area contributed by atoms with Gasteiger partial charge in [0.05, 0.1) is 7.11 Å². The van der Waals surface area contributed by atoms with E-state index in [0.29, 0.717) is 12.4 Å². The van der Waals surface area contributed by atoms with Crippen LogP contribution in [0.5, 0.6) is 0 Å². The van der Waals surface area contributed by atoms with Gasteiger partial charge in [0.1, 0.15) is 6.54 Å². The fourth-order valence-electron chi connectivity index (χ4n) is 0.533. The first kappa shape index (κ1) is 6.61. The molecule has 0 radical (unpaired) electrons. The number of ether oxygens (including phenoxy) is 1. The molecule has 0 aromatic carbocycles. The first-order valence-corrected chi connectivity index (χ1v) is 3.79. The predicted molar refractivity (Wildman–Crippen MR) is 40.3 cm³/mol. The van der Waals surface area contributed by atoms with Gasteiger partial charge in [-0.2, -0.15) is 4.99 Å². The van der Waals surface area contributed by atoms with E-state index in [1.165, 1.54) is 11.8 Å². The fraction of sp³-hybridized carbons (Fsp3) is 0.600. The summed E-state index contributed by atoms with van der Waals surface area (Å²) in [7, 11) is 1.61. The van der Waals surface area contributed by atoms with Gasteiger partial charge in [-0.15, -0.1) is 0 Å². The number of amidine groups is 1. The maximum Gasteiger partial charge on any atom is 0.212 e. The molecule has 0 bridgehead atoms. The van der Waals surface area contributed by atoms with Crippen LogP contribution in [0.25, 0.3) is 0 Å². The molecule has 0 amide bonds. The molecule has 4 heteroatoms. The molecule has 0 unspecified atom stereocenters. The molecule has 0 N–H and O–H groups in total. The van der Waals surface area contributed by atoms with Crippen molar-refractivity contribution in [1.82, 2.24) is 0 Å². The highest BCUT2D eigenvalue weighted by Gasteiger charge is 2.07. The number of thioether (sulfide) groups is 1. The molecule has 1 aliphatic heterocycles. The average Bonchev–Trinajstić information content (AvgIpc) is 2.34. The van der Waals surface area contributed by atoms with Crippen LogP contribution < -0.4 is 0 Å². The lowest BCUT2D eigenvalue weighted by Crippen LogP contribution is -2.00. The van der Waals surface area contributed by atoms with E-state index in [2.05, 4.69) is 9.98 Å². The second-order valence-electron chi connectivity index (χ2n) is 1.51. The summed E-state index contributed by atoms with van der Waals surface area (Å²) in [6.45, 7) is 0.604. The third-order valence-electron chi connectivity index (χ3n) is 0.988. The van der Waals surface area contributed by atoms with Crippen molar-refractivity contribution in [3.63, 3.8) is 0 Å². The zero-order valence-corrected chi connectivity index (χ0v) is 6.23. The Morgan fingerprint density at radius 2 is 2.44 bits per heavy atom. The second-order valence-corrected chi connectivity index (χ2v) is 2.29. The van der Waals surface area contributed by atoms with E-state index in [0.717, 1.165) is 5.17 Å². The Labute approximate surface area is 58.2 Å². The van der Waals surface area contributed by atoms with Gasteiger partial charge in [0, 0.05) is 0 Å². The molecular weight excluding hydrogens is 136 g/mol. The molecule has 9 heavy (non-hydrogen) atoms. The Bertz CT molecular complexity index is 164. The summed E-state index contributed by atoms with van der Waals surface area (Å²) in [5.41, 5.74) is 0. The van der Waals surface area contributed by atoms with Crippen molar-refractivity contribution in [3.05, 3.63) is 0 Å². The normalized spacial score (nSPS) is 17.1. The molecular formula is C5H8N2OS. The number of nitrogens with zero attached hydrogens (tertiary/aromatic N) is 2. The van der Waals surface area contributed by atoms with Crippen LogP contribution in [0.1, 0.15) is 0 Å². The third kappa shape index (κ3) is 1.45. The lowest BCUT2D eigenvalue weighted by Gasteiger charge is -1.91. The molecule has 0 spiro atoms. The van der Waals surface area contributed by atoms with Gasteiger partial charge in [-0.25, -0.2) is 0 Å². The van der Waals surface area contributed by atoms with E-state index in [-0.39, 0.29) is 0 Å². The van der Waals surface area contributed by atoms with Crippen molar-refractivity contribution < 1.29 is 4.74 Å². The van der Waals surface area contributed by atoms with Crippen molar-refractivity contribution in [2.75, 3.05) is 19.9 Å². The summed E-state index contributed by atoms with van der Waals surface area (Å²) in [4.78, 5) is 8.09. The fourth-order valence-corrected chi connectivity index (χ4v) is 0.920. The SMILES string of the molecule is COC1=NC(SC)=NC1. The van der Waals surface area contributed by atoms with E-state index in [9.17, 15) is 0 Å². The lowest BCUT2D eigenvalue weighted by atomic mass is 10.7. The van der Waals surface area contributed by atoms with E-state index < -0.39 is 0 Å². The zero-order chi connectivity index (χ0) is 6.69. The molecule has 1 aliphatic rings. The van der Waals surface area contributed by atoms with E-state index in [4.69, 9.17) is 4.74 Å². The van der Waals surface area contributed by atoms with Crippen LogP contribution in [-0.4, -0.2) is 31.0 Å². The molecule has 3 nitrogen and oxygen atoms in total. The summed E-state index contributed by atoms with van der Waals surface area (Å²) in [5, 5.41) is 0.812. The molecule has 50 valence electrons. The Hall–Kier alpha value is -0.510. The quantitative estimate of drug-likeness (QED) is 0.503. The molecule has 0 atom stereocenters. The highest BCUT2D eigenvalue weighted by molar-refractivity contribution is 8.13. The van der Waals surface area contributed by atoms with Crippen LogP contribution >= 0.6 is 11.8 Å². The highest BCUT2D eigenvalue weighted by atomic mass is 32.2. The minimum Gasteiger partial charge on any atom is -0.483 e. The van der Waals surface area contributed by atoms with Crippen LogP contribution in [0.4, 0.5) is 0 Å². The van der Waals surface area contributed by atoms with Gasteiger partial charge in [0.15, 0.2) is 5.17 Å². The third-order valence-corrected chi connectivity index (χ3v) is 1.57. The molecule has 0 saturated carbocycles. The highest BCUT2D eigenvalue weighted by Crippen LogP contribution is 2.06. The predicted octanol–water partition coefficient (Wildman–Crippen LogP) is 0.764. The number of aliphatic imine (C=N–C) groups is 2. The number of methoxy groups -OCH3 is 1. The standard InChI is InChI=1S/C5H8N2OS/c1-8-4-3-6-5(7-4)9-2/h3H2,1-2H3. The van der Waals surface area contributed by atoms with Crippen molar-refractivity contribution in [3.8, 4) is 0 Å². The van der Waals surface area contributed by atoms with E-state index in [1.807, 2.05) is 6.26 Å². The van der Waals surface area contributed by atoms with Gasteiger partial charge >= 0.3 is 0 Å². The van der Waals surface area contributed by atoms with Crippen molar-refractivity contribution >= 4 is 22.8 Å². The smallest absolute Gasteiger partial charge is 0.212 e. The molecule has 0 saturated heterocycles. The summed E-state index contributed by atoms with van der Waals surface area (Å²) < 4.78 is 4.87. The summed E-state index contributed by atoms with van der Waals surface area (Å²) in [6, 6.07) is 0. The number of hydrogen-bond acceptors (Lipinski definition) is 4. The van der Waals surface area contributed by atoms with Gasteiger partial charge in [0.2, 0.25) is 5.90 Å². The van der Waals surface area contributed by atoms with Crippen molar-refractivity contribution in [2.45, 2.75) is 0 Å². The van der Waals surface area contributed by atoms with Gasteiger partial charge in [-0.3, -0.25) is 4.99 Å². The summed E-state index contributed by atoms with van der Waals surface area (Å²) >= 11 is 1.53. The van der Waals surface area contributed by atoms with Crippen LogP contribution in [0.15, 0.2) is 9.98 Å². The summed E-state index contributed by atoms with van der Waals surface area (Å²) in [5.74, 6) is 0.708. The minimum atomic E-state index is 0.604. The van der Waals surface area contributed by atoms with Crippen LogP contribution in [0.3, 0.4) is 0 Å². The molecule has 0 aliphatic carbocycles. The van der Waals surface area contributed by atoms with Crippen molar-refractivity contribution in [1.29, 1.82) is 0 Å². The minimum absolute atomic E-state index is 0.604. The molecule has 0 aromatic heterocycles. The Kier molecular flexibility index (Phi) is 2.10. The largest absolute Gasteiger partial charge is 0.483 e. The first-order chi connectivity index (χ1) is 4.36. The first-order valence-electron chi connectivity index (χ1n) is 2.57. The van der Waals surface area contributed by atoms with Gasteiger partial charge in [-0.05, 0) is 6.26 Å². The van der Waals surface area contributed by atoms with Crippen LogP contribution in [-0.2, 0) is 4.74 Å². The molecule has 1 rings (SSSR count). The number of rotatable bonds is 0. The van der Waals surface area contributed by atoms with Crippen LogP contribution in [0.2, 0.25) is 0 Å². The van der Waals surface area contributed by atoms with Crippen LogP contribution in [0, 0.1) is 0 Å². The van der Waals surface area contributed by atoms with E-state index >= 15 is 0 Å². The number of hydrogen-bond donors (Lipinski definition) is 0. The van der Waals surface area contributed by atoms with Crippen molar-refractivity contribution in [2.24, 2.45) is 9.98 Å². The Balaban J connectivity index is 2.52. The molecule has 1 heterocycles. The van der Waals surface area contributed by atoms with E-state index in [1.54, 1.807) is 7.11 Å². The lowest BCUT2D eigenvalue weighted by molar-refractivity contribution is 0.399. The average molecular weight is 144 g/mol. The zero-order valence-electron chi connectivity index (χ0n) is 5.42. The van der Waals surface area contributed by atoms with Gasteiger partial charge in [-0.1, -0.05) is 11.8 Å². The Morgan fingerprint density at radius 1 is 1.67 bits per heavy atom. The topological polar surface area (TPSA) is 34.0 Å². The summed E-state index contributed by atoms with van der Waals surface area (Å²) in [6.07, 6.45) is 1.95.